The fourth-order valence-electron chi connectivity index (χ4n) is 1.42. The van der Waals surface area contributed by atoms with Crippen molar-refractivity contribution in [1.82, 2.24) is 10.1 Å². The summed E-state index contributed by atoms with van der Waals surface area (Å²) in [4.78, 5) is 3.42. The molecule has 0 bridgehead atoms. The monoisotopic (exact) mass is 310 g/mol. The van der Waals surface area contributed by atoms with Crippen LogP contribution in [0.15, 0.2) is 27.6 Å². The van der Waals surface area contributed by atoms with Gasteiger partial charge in [-0.25, -0.2) is 17.5 Å². The third-order valence-electron chi connectivity index (χ3n) is 2.33. The largest absolute Gasteiger partial charge is 0.335 e. The predicted octanol–water partition coefficient (Wildman–Crippen LogP) is 0.628. The molecule has 7 nitrogen and oxygen atoms in total. The maximum Gasteiger partial charge on any atom is 0.335 e. The summed E-state index contributed by atoms with van der Waals surface area (Å²) in [7, 11) is -4.02. The van der Waals surface area contributed by atoms with E-state index in [-0.39, 0.29) is 28.8 Å². The van der Waals surface area contributed by atoms with Gasteiger partial charge in [-0.15, -0.1) is 0 Å². The molecule has 9 heteroatoms. The standard InChI is InChI=1S/C12H11FN4O3S/c1-8-15-12(20-16-8)17-21(18,19)10-5-4-9(3-2-6-14)11(13)7-10/h4-5,7H,6,14H2,1H3,(H,15,16,17). The van der Waals surface area contributed by atoms with Crippen molar-refractivity contribution in [2.75, 3.05) is 11.3 Å². The summed E-state index contributed by atoms with van der Waals surface area (Å²) in [5.74, 6) is 4.49. The van der Waals surface area contributed by atoms with Gasteiger partial charge in [-0.1, -0.05) is 17.0 Å². The van der Waals surface area contributed by atoms with E-state index in [4.69, 9.17) is 5.73 Å². The van der Waals surface area contributed by atoms with E-state index >= 15 is 0 Å². The normalized spacial score (nSPS) is 10.8. The first-order chi connectivity index (χ1) is 9.92. The van der Waals surface area contributed by atoms with Crippen molar-refractivity contribution in [3.63, 3.8) is 0 Å². The second-order valence-electron chi connectivity index (χ2n) is 3.90. The summed E-state index contributed by atoms with van der Waals surface area (Å²) in [5, 5.41) is 3.44. The van der Waals surface area contributed by atoms with Crippen molar-refractivity contribution >= 4 is 16.0 Å². The quantitative estimate of drug-likeness (QED) is 0.804. The highest BCUT2D eigenvalue weighted by atomic mass is 32.2. The number of nitrogens with one attached hydrogen (secondary N) is 1. The summed E-state index contributed by atoms with van der Waals surface area (Å²) < 4.78 is 44.5. The molecule has 1 aromatic carbocycles. The Bertz CT molecular complexity index is 821. The highest BCUT2D eigenvalue weighted by Gasteiger charge is 2.19. The summed E-state index contributed by atoms with van der Waals surface area (Å²) in [5.41, 5.74) is 5.25. The molecular formula is C12H11FN4O3S. The third kappa shape index (κ3) is 3.56. The van der Waals surface area contributed by atoms with Gasteiger partial charge >= 0.3 is 6.01 Å². The number of aryl methyl sites for hydroxylation is 1. The highest BCUT2D eigenvalue weighted by molar-refractivity contribution is 7.92. The Morgan fingerprint density at radius 3 is 2.81 bits per heavy atom. The topological polar surface area (TPSA) is 111 Å². The molecule has 0 fully saturated rings. The molecule has 0 aliphatic carbocycles. The van der Waals surface area contributed by atoms with E-state index in [9.17, 15) is 12.8 Å². The van der Waals surface area contributed by atoms with Crippen molar-refractivity contribution in [2.24, 2.45) is 5.73 Å². The van der Waals surface area contributed by atoms with E-state index in [2.05, 4.69) is 31.2 Å². The lowest BCUT2D eigenvalue weighted by molar-refractivity contribution is 0.429. The van der Waals surface area contributed by atoms with Crippen LogP contribution >= 0.6 is 0 Å². The summed E-state index contributed by atoms with van der Waals surface area (Å²) in [6.07, 6.45) is 0. The van der Waals surface area contributed by atoms with Gasteiger partial charge in [0.1, 0.15) is 5.82 Å². The first-order valence-electron chi connectivity index (χ1n) is 5.74. The number of aromatic nitrogens is 2. The molecule has 0 unspecified atom stereocenters. The van der Waals surface area contributed by atoms with Gasteiger partial charge in [0, 0.05) is 0 Å². The second-order valence-corrected chi connectivity index (χ2v) is 5.58. The number of nitrogens with two attached hydrogens (primary N) is 1. The van der Waals surface area contributed by atoms with Gasteiger partial charge in [-0.3, -0.25) is 0 Å². The van der Waals surface area contributed by atoms with Gasteiger partial charge in [-0.2, -0.15) is 4.98 Å². The highest BCUT2D eigenvalue weighted by Crippen LogP contribution is 2.17. The summed E-state index contributed by atoms with van der Waals surface area (Å²) in [6, 6.07) is 3.03. The molecule has 0 saturated carbocycles. The minimum Gasteiger partial charge on any atom is -0.320 e. The Balaban J connectivity index is 2.30. The summed E-state index contributed by atoms with van der Waals surface area (Å²) in [6.45, 7) is 1.61. The van der Waals surface area contributed by atoms with Crippen molar-refractivity contribution in [3.8, 4) is 11.8 Å². The van der Waals surface area contributed by atoms with Gasteiger partial charge in [0.05, 0.1) is 17.0 Å². The van der Waals surface area contributed by atoms with Crippen LogP contribution in [0.2, 0.25) is 0 Å². The average molecular weight is 310 g/mol. The Kier molecular flexibility index (Phi) is 4.21. The minimum atomic E-state index is -4.02. The van der Waals surface area contributed by atoms with Crippen LogP contribution in [0.5, 0.6) is 0 Å². The molecule has 1 heterocycles. The fraction of sp³-hybridized carbons (Fsp3) is 0.167. The molecule has 0 amide bonds. The maximum atomic E-state index is 13.8. The predicted molar refractivity (Wildman–Crippen MR) is 72.2 cm³/mol. The van der Waals surface area contributed by atoms with Crippen molar-refractivity contribution in [3.05, 3.63) is 35.4 Å². The molecule has 0 aliphatic rings. The minimum absolute atomic E-state index is 0.0630. The zero-order valence-corrected chi connectivity index (χ0v) is 11.7. The van der Waals surface area contributed by atoms with Gasteiger partial charge in [-0.05, 0) is 25.1 Å². The van der Waals surface area contributed by atoms with E-state index in [1.54, 1.807) is 0 Å². The van der Waals surface area contributed by atoms with Crippen LogP contribution in [-0.2, 0) is 10.0 Å². The van der Waals surface area contributed by atoms with E-state index in [1.807, 2.05) is 0 Å². The lowest BCUT2D eigenvalue weighted by atomic mass is 10.2. The number of anilines is 1. The molecule has 0 atom stereocenters. The zero-order chi connectivity index (χ0) is 15.5. The van der Waals surface area contributed by atoms with Crippen LogP contribution in [0.3, 0.4) is 0 Å². The molecule has 110 valence electrons. The van der Waals surface area contributed by atoms with E-state index in [1.165, 1.54) is 19.1 Å². The average Bonchev–Trinajstić information content (AvgIpc) is 2.82. The molecule has 2 aromatic rings. The molecule has 21 heavy (non-hydrogen) atoms. The van der Waals surface area contributed by atoms with Gasteiger partial charge in [0.15, 0.2) is 5.82 Å². The van der Waals surface area contributed by atoms with Crippen LogP contribution in [0.25, 0.3) is 0 Å². The van der Waals surface area contributed by atoms with Crippen LogP contribution in [-0.4, -0.2) is 25.1 Å². The number of rotatable bonds is 3. The molecule has 1 aromatic heterocycles. The second kappa shape index (κ2) is 5.90. The Morgan fingerprint density at radius 1 is 1.48 bits per heavy atom. The molecule has 0 saturated heterocycles. The molecule has 0 radical (unpaired) electrons. The lowest BCUT2D eigenvalue weighted by Crippen LogP contribution is -2.13. The van der Waals surface area contributed by atoms with Crippen LogP contribution in [0.1, 0.15) is 11.4 Å². The van der Waals surface area contributed by atoms with E-state index < -0.39 is 15.8 Å². The smallest absolute Gasteiger partial charge is 0.320 e. The molecule has 0 aliphatic heterocycles. The van der Waals surface area contributed by atoms with E-state index in [0.717, 1.165) is 6.07 Å². The van der Waals surface area contributed by atoms with Crippen molar-refractivity contribution < 1.29 is 17.3 Å². The fourth-order valence-corrected chi connectivity index (χ4v) is 2.36. The van der Waals surface area contributed by atoms with Crippen molar-refractivity contribution in [1.29, 1.82) is 0 Å². The van der Waals surface area contributed by atoms with Crippen molar-refractivity contribution in [2.45, 2.75) is 11.8 Å². The number of halogens is 1. The van der Waals surface area contributed by atoms with Gasteiger partial charge in [0.2, 0.25) is 0 Å². The first-order valence-corrected chi connectivity index (χ1v) is 7.22. The maximum absolute atomic E-state index is 13.8. The Hall–Kier alpha value is -2.44. The van der Waals surface area contributed by atoms with Gasteiger partial charge < -0.3 is 10.3 Å². The number of sulfonamides is 1. The summed E-state index contributed by atoms with van der Waals surface area (Å²) >= 11 is 0. The molecular weight excluding hydrogens is 299 g/mol. The SMILES string of the molecule is Cc1noc(NS(=O)(=O)c2ccc(C#CCN)c(F)c2)n1. The first kappa shape index (κ1) is 15.0. The number of hydrogen-bond donors (Lipinski definition) is 2. The Labute approximate surface area is 120 Å². The molecule has 2 rings (SSSR count). The molecule has 0 spiro atoms. The van der Waals surface area contributed by atoms with Crippen LogP contribution in [0, 0.1) is 24.6 Å². The van der Waals surface area contributed by atoms with Crippen LogP contribution in [0.4, 0.5) is 10.4 Å². The number of nitrogens with zero attached hydrogens (tertiary/aromatic N) is 2. The zero-order valence-electron chi connectivity index (χ0n) is 10.9. The number of benzene rings is 1. The van der Waals surface area contributed by atoms with Gasteiger partial charge in [0.25, 0.3) is 10.0 Å². The molecule has 3 N–H and O–H groups in total. The van der Waals surface area contributed by atoms with E-state index in [0.29, 0.717) is 0 Å². The lowest BCUT2D eigenvalue weighted by Gasteiger charge is -2.04. The number of hydrogen-bond acceptors (Lipinski definition) is 6. The third-order valence-corrected chi connectivity index (χ3v) is 3.64. The van der Waals surface area contributed by atoms with Crippen LogP contribution < -0.4 is 10.5 Å². The Morgan fingerprint density at radius 2 is 2.24 bits per heavy atom.